The van der Waals surface area contributed by atoms with Crippen molar-refractivity contribution >= 4 is 11.6 Å². The van der Waals surface area contributed by atoms with Crippen LogP contribution >= 0.6 is 0 Å². The number of carboxylic acid groups (broad SMARTS) is 1. The first-order valence-electron chi connectivity index (χ1n) is 12.8. The fourth-order valence-electron chi connectivity index (χ4n) is 4.96. The lowest BCUT2D eigenvalue weighted by molar-refractivity contribution is -0.136. The second-order valence-electron chi connectivity index (χ2n) is 9.92. The molecule has 0 aliphatic carbocycles. The maximum atomic E-state index is 14.2. The lowest BCUT2D eigenvalue weighted by Gasteiger charge is -2.17. The van der Waals surface area contributed by atoms with Crippen molar-refractivity contribution in [2.45, 2.75) is 20.3 Å². The zero-order valence-corrected chi connectivity index (χ0v) is 22.1. The molecule has 1 N–H and O–H groups in total. The van der Waals surface area contributed by atoms with Gasteiger partial charge in [-0.15, -0.1) is 0 Å². The quantitative estimate of drug-likeness (QED) is 0.262. The number of fused-ring (bicyclic) bond motifs is 9. The molecule has 0 saturated heterocycles. The number of aliphatic carboxylic acids is 1. The molecule has 0 amide bonds. The summed E-state index contributed by atoms with van der Waals surface area (Å²) in [6.45, 7) is 8.16. The molecule has 8 heteroatoms. The average Bonchev–Trinajstić information content (AvgIpc) is 3.35. The number of carboxylic acids is 1. The summed E-state index contributed by atoms with van der Waals surface area (Å²) in [4.78, 5) is 16.6. The number of nitrogens with zero attached hydrogens (tertiary/aromatic N) is 3. The highest BCUT2D eigenvalue weighted by molar-refractivity contribution is 5.80. The summed E-state index contributed by atoms with van der Waals surface area (Å²) < 4.78 is 28.1. The number of halogens is 1. The fraction of sp³-hybridized carbons (Fsp3) is 0.156. The second-order valence-corrected chi connectivity index (χ2v) is 9.92. The first kappa shape index (κ1) is 25.3. The van der Waals surface area contributed by atoms with E-state index in [0.29, 0.717) is 45.4 Å². The molecule has 0 spiro atoms. The number of benzene rings is 3. The van der Waals surface area contributed by atoms with Gasteiger partial charge in [-0.3, -0.25) is 4.79 Å². The molecular weight excluding hydrogens is 509 g/mol. The van der Waals surface area contributed by atoms with Crippen LogP contribution < -0.4 is 9.47 Å². The van der Waals surface area contributed by atoms with Gasteiger partial charge >= 0.3 is 5.97 Å². The minimum absolute atomic E-state index is 0.144. The van der Waals surface area contributed by atoms with Gasteiger partial charge in [-0.25, -0.2) is 13.9 Å². The number of ether oxygens (including phenoxy) is 2. The molecule has 6 rings (SSSR count). The number of hydrogen-bond donors (Lipinski definition) is 1. The summed E-state index contributed by atoms with van der Waals surface area (Å²) in [5, 5.41) is 14.6. The number of rotatable bonds is 2. The lowest BCUT2D eigenvalue weighted by Crippen LogP contribution is -2.11. The first-order valence-corrected chi connectivity index (χ1v) is 12.8. The van der Waals surface area contributed by atoms with Crippen molar-refractivity contribution in [3.8, 4) is 45.1 Å². The van der Waals surface area contributed by atoms with E-state index in [-0.39, 0.29) is 19.6 Å². The molecule has 3 aromatic carbocycles. The van der Waals surface area contributed by atoms with Crippen LogP contribution in [0.1, 0.15) is 16.8 Å². The van der Waals surface area contributed by atoms with Crippen molar-refractivity contribution in [1.29, 1.82) is 0 Å². The number of carbonyl (C=O) groups is 1. The minimum Gasteiger partial charge on any atom is -0.489 e. The number of hydrogen-bond acceptors (Lipinski definition) is 5. The van der Waals surface area contributed by atoms with E-state index in [1.54, 1.807) is 10.6 Å². The summed E-state index contributed by atoms with van der Waals surface area (Å²) >= 11 is 0. The van der Waals surface area contributed by atoms with Gasteiger partial charge in [0.25, 0.3) is 0 Å². The summed E-state index contributed by atoms with van der Waals surface area (Å²) in [5.41, 5.74) is 7.79. The Hall–Kier alpha value is -4.98. The summed E-state index contributed by atoms with van der Waals surface area (Å²) in [7, 11) is 0. The highest BCUT2D eigenvalue weighted by atomic mass is 19.1. The summed E-state index contributed by atoms with van der Waals surface area (Å²) in [6, 6.07) is 19.8. The van der Waals surface area contributed by atoms with Gasteiger partial charge in [0.1, 0.15) is 30.5 Å². The van der Waals surface area contributed by atoms with Crippen molar-refractivity contribution in [2.75, 3.05) is 13.2 Å². The van der Waals surface area contributed by atoms with Crippen molar-refractivity contribution in [3.63, 3.8) is 0 Å². The molecule has 0 atom stereocenters. The summed E-state index contributed by atoms with van der Waals surface area (Å²) in [5.74, 6) is -0.341. The van der Waals surface area contributed by atoms with Gasteiger partial charge in [0.2, 0.25) is 0 Å². The predicted molar refractivity (Wildman–Crippen MR) is 150 cm³/mol. The highest BCUT2D eigenvalue weighted by Crippen LogP contribution is 2.36. The van der Waals surface area contributed by atoms with E-state index in [2.05, 4.69) is 6.58 Å². The second kappa shape index (κ2) is 9.96. The predicted octanol–water partition coefficient (Wildman–Crippen LogP) is 6.44. The fourth-order valence-corrected chi connectivity index (χ4v) is 4.96. The zero-order chi connectivity index (χ0) is 28.0. The molecule has 0 fully saturated rings. The Bertz CT molecular complexity index is 1830. The number of aromatic nitrogens is 3. The lowest BCUT2D eigenvalue weighted by atomic mass is 10.00. The normalized spacial score (nSPS) is 12.9. The van der Waals surface area contributed by atoms with E-state index in [1.165, 1.54) is 12.1 Å². The van der Waals surface area contributed by atoms with Crippen LogP contribution in [0.15, 0.2) is 78.9 Å². The van der Waals surface area contributed by atoms with Crippen LogP contribution in [0.3, 0.4) is 0 Å². The maximum Gasteiger partial charge on any atom is 0.307 e. The molecule has 6 bridgehead atoms. The minimum atomic E-state index is -0.959. The van der Waals surface area contributed by atoms with E-state index in [0.717, 1.165) is 27.8 Å². The van der Waals surface area contributed by atoms with E-state index < -0.39 is 11.8 Å². The van der Waals surface area contributed by atoms with Crippen molar-refractivity contribution in [1.82, 2.24) is 14.6 Å². The molecule has 200 valence electrons. The van der Waals surface area contributed by atoms with Crippen LogP contribution in [0, 0.1) is 19.7 Å². The summed E-state index contributed by atoms with van der Waals surface area (Å²) in [6.07, 6.45) is -0.208. The molecule has 3 heterocycles. The van der Waals surface area contributed by atoms with E-state index in [4.69, 9.17) is 19.6 Å². The van der Waals surface area contributed by atoms with Gasteiger partial charge in [0, 0.05) is 40.1 Å². The average molecular weight is 536 g/mol. The van der Waals surface area contributed by atoms with Gasteiger partial charge < -0.3 is 14.6 Å². The van der Waals surface area contributed by atoms with Gasteiger partial charge in [-0.2, -0.15) is 5.10 Å². The Morgan fingerprint density at radius 2 is 1.75 bits per heavy atom. The molecular formula is C32H26FN3O4. The first-order chi connectivity index (χ1) is 19.3. The Kier molecular flexibility index (Phi) is 6.30. The Morgan fingerprint density at radius 3 is 2.55 bits per heavy atom. The molecule has 5 aromatic rings. The standard InChI is InChI=1S/C32H26FN3O4/c1-18-16-39-28-12-23(8-7-19(28)2)32-26(14-31(37)38)20(3)34-30-15-27(35-36(30)32)22-6-4-5-21(11-22)25-10-9-24(33)13-29(25)40-17-18/h4-13,15H,1,14,16-17H2,2-3H3,(H,37,38). The van der Waals surface area contributed by atoms with E-state index >= 15 is 0 Å². The largest absolute Gasteiger partial charge is 0.489 e. The van der Waals surface area contributed by atoms with Crippen molar-refractivity contribution < 1.29 is 23.8 Å². The maximum absolute atomic E-state index is 14.2. The van der Waals surface area contributed by atoms with Crippen molar-refractivity contribution in [2.24, 2.45) is 0 Å². The van der Waals surface area contributed by atoms with Crippen LogP contribution in [0.5, 0.6) is 11.5 Å². The Morgan fingerprint density at radius 1 is 0.975 bits per heavy atom. The molecule has 2 aromatic heterocycles. The van der Waals surface area contributed by atoms with Crippen molar-refractivity contribution in [3.05, 3.63) is 102 Å². The molecule has 40 heavy (non-hydrogen) atoms. The van der Waals surface area contributed by atoms with Crippen LogP contribution in [0.25, 0.3) is 39.3 Å². The van der Waals surface area contributed by atoms with E-state index in [1.807, 2.05) is 62.4 Å². The van der Waals surface area contributed by atoms with Crippen LogP contribution in [0.2, 0.25) is 0 Å². The van der Waals surface area contributed by atoms with Gasteiger partial charge in [-0.1, -0.05) is 36.9 Å². The molecule has 0 saturated carbocycles. The van der Waals surface area contributed by atoms with E-state index in [9.17, 15) is 14.3 Å². The SMILES string of the molecule is C=C1COc2cc(ccc2C)-c2c(CC(=O)O)c(C)nc3cc(nn23)-c2cccc(c2)-c2ccc(F)cc2OC1. The molecule has 7 nitrogen and oxygen atoms in total. The Balaban J connectivity index is 1.63. The molecule has 0 radical (unpaired) electrons. The van der Waals surface area contributed by atoms with Gasteiger partial charge in [0.05, 0.1) is 17.8 Å². The topological polar surface area (TPSA) is 86.0 Å². The monoisotopic (exact) mass is 535 g/mol. The molecule has 1 aliphatic rings. The van der Waals surface area contributed by atoms with Gasteiger partial charge in [-0.05, 0) is 54.8 Å². The van der Waals surface area contributed by atoms with Crippen LogP contribution in [-0.4, -0.2) is 38.9 Å². The van der Waals surface area contributed by atoms with Crippen LogP contribution in [0.4, 0.5) is 4.39 Å². The van der Waals surface area contributed by atoms with Gasteiger partial charge in [0.15, 0.2) is 5.65 Å². The third kappa shape index (κ3) is 4.68. The molecule has 0 unspecified atom stereocenters. The third-order valence-corrected chi connectivity index (χ3v) is 6.97. The van der Waals surface area contributed by atoms with Crippen LogP contribution in [-0.2, 0) is 11.2 Å². The zero-order valence-electron chi connectivity index (χ0n) is 22.1. The smallest absolute Gasteiger partial charge is 0.307 e. The number of aryl methyl sites for hydroxylation is 2. The highest BCUT2D eigenvalue weighted by Gasteiger charge is 2.21. The molecule has 1 aliphatic heterocycles. The third-order valence-electron chi connectivity index (χ3n) is 6.97. The Labute approximate surface area is 230 Å².